The zero-order valence-corrected chi connectivity index (χ0v) is 11.6. The van der Waals surface area contributed by atoms with Crippen molar-refractivity contribution >= 4 is 17.3 Å². The van der Waals surface area contributed by atoms with Crippen molar-refractivity contribution in [3.63, 3.8) is 0 Å². The summed E-state index contributed by atoms with van der Waals surface area (Å²) in [7, 11) is 2.05. The number of rotatable bonds is 6. The largest absolute Gasteiger partial charge is 0.363 e. The van der Waals surface area contributed by atoms with Crippen LogP contribution in [0.1, 0.15) is 25.3 Å². The first-order valence-corrected chi connectivity index (χ1v) is 6.67. The van der Waals surface area contributed by atoms with E-state index in [9.17, 15) is 0 Å². The first-order chi connectivity index (χ1) is 8.24. The summed E-state index contributed by atoms with van der Waals surface area (Å²) in [6.07, 6.45) is 3.41. The molecule has 0 atom stereocenters. The van der Waals surface area contributed by atoms with Gasteiger partial charge in [0.2, 0.25) is 0 Å². The van der Waals surface area contributed by atoms with E-state index in [1.165, 1.54) is 18.4 Å². The number of hydrogen-bond acceptors (Lipinski definition) is 1. The van der Waals surface area contributed by atoms with E-state index in [1.54, 1.807) is 0 Å². The van der Waals surface area contributed by atoms with E-state index in [-0.39, 0.29) is 0 Å². The van der Waals surface area contributed by atoms with Gasteiger partial charge in [0.05, 0.1) is 0 Å². The van der Waals surface area contributed by atoms with Crippen LogP contribution in [-0.2, 0) is 6.42 Å². The van der Waals surface area contributed by atoms with Gasteiger partial charge in [-0.1, -0.05) is 43.7 Å². The summed E-state index contributed by atoms with van der Waals surface area (Å²) < 4.78 is 0. The van der Waals surface area contributed by atoms with Gasteiger partial charge in [-0.2, -0.15) is 0 Å². The third-order valence-electron chi connectivity index (χ3n) is 2.73. The minimum Gasteiger partial charge on any atom is -0.363 e. The zero-order valence-electron chi connectivity index (χ0n) is 10.8. The molecule has 0 aliphatic heterocycles. The first kappa shape index (κ1) is 14.0. The fourth-order valence-electron chi connectivity index (χ4n) is 1.55. The lowest BCUT2D eigenvalue weighted by Crippen LogP contribution is -2.38. The Hall–Kier alpha value is -1.09. The van der Waals surface area contributed by atoms with E-state index in [4.69, 9.17) is 12.2 Å². The van der Waals surface area contributed by atoms with Gasteiger partial charge in [0.25, 0.3) is 0 Å². The molecule has 0 aliphatic rings. The molecule has 0 saturated carbocycles. The van der Waals surface area contributed by atoms with E-state index in [1.807, 2.05) is 13.1 Å². The molecule has 0 aliphatic carbocycles. The third kappa shape index (κ3) is 5.68. The molecule has 0 aromatic heterocycles. The Bertz CT molecular complexity index is 324. The molecule has 1 rings (SSSR count). The molecule has 1 N–H and O–H groups in total. The molecular weight excluding hydrogens is 228 g/mol. The van der Waals surface area contributed by atoms with Crippen LogP contribution in [0.25, 0.3) is 0 Å². The van der Waals surface area contributed by atoms with Crippen LogP contribution in [0.5, 0.6) is 0 Å². The summed E-state index contributed by atoms with van der Waals surface area (Å²) in [6.45, 7) is 4.12. The quantitative estimate of drug-likeness (QED) is 0.617. The lowest BCUT2D eigenvalue weighted by Gasteiger charge is -2.21. The van der Waals surface area contributed by atoms with Gasteiger partial charge in [-0.25, -0.2) is 0 Å². The van der Waals surface area contributed by atoms with Crippen LogP contribution >= 0.6 is 12.2 Å². The summed E-state index contributed by atoms with van der Waals surface area (Å²) in [5, 5.41) is 4.13. The number of unbranched alkanes of at least 4 members (excludes halogenated alkanes) is 1. The van der Waals surface area contributed by atoms with Gasteiger partial charge < -0.3 is 10.2 Å². The highest BCUT2D eigenvalue weighted by Gasteiger charge is 2.03. The van der Waals surface area contributed by atoms with Crippen molar-refractivity contribution in [2.75, 3.05) is 20.1 Å². The highest BCUT2D eigenvalue weighted by Crippen LogP contribution is 2.00. The number of nitrogens with zero attached hydrogens (tertiary/aromatic N) is 1. The van der Waals surface area contributed by atoms with E-state index >= 15 is 0 Å². The molecule has 0 heterocycles. The lowest BCUT2D eigenvalue weighted by atomic mass is 10.1. The van der Waals surface area contributed by atoms with Gasteiger partial charge in [-0.15, -0.1) is 0 Å². The predicted molar refractivity (Wildman–Crippen MR) is 78.3 cm³/mol. The van der Waals surface area contributed by atoms with Gasteiger partial charge in [-0.05, 0) is 30.6 Å². The molecule has 0 bridgehead atoms. The molecule has 17 heavy (non-hydrogen) atoms. The van der Waals surface area contributed by atoms with Crippen molar-refractivity contribution in [1.29, 1.82) is 0 Å². The molecule has 0 unspecified atom stereocenters. The maximum absolute atomic E-state index is 5.32. The van der Waals surface area contributed by atoms with E-state index < -0.39 is 0 Å². The topological polar surface area (TPSA) is 15.3 Å². The van der Waals surface area contributed by atoms with Crippen LogP contribution in [0.3, 0.4) is 0 Å². The monoisotopic (exact) mass is 250 g/mol. The van der Waals surface area contributed by atoms with Gasteiger partial charge in [0.15, 0.2) is 5.11 Å². The number of hydrogen-bond donors (Lipinski definition) is 1. The molecule has 0 radical (unpaired) electrons. The summed E-state index contributed by atoms with van der Waals surface area (Å²) in [5.41, 5.74) is 1.36. The van der Waals surface area contributed by atoms with Crippen LogP contribution in [0.2, 0.25) is 0 Å². The van der Waals surface area contributed by atoms with Crippen LogP contribution in [0, 0.1) is 0 Å². The number of thiocarbonyl (C=S) groups is 1. The fourth-order valence-corrected chi connectivity index (χ4v) is 1.74. The molecular formula is C14H22N2S. The van der Waals surface area contributed by atoms with Gasteiger partial charge in [0, 0.05) is 20.1 Å². The fraction of sp³-hybridized carbons (Fsp3) is 0.500. The Morgan fingerprint density at radius 3 is 2.65 bits per heavy atom. The van der Waals surface area contributed by atoms with Gasteiger partial charge in [0.1, 0.15) is 0 Å². The first-order valence-electron chi connectivity index (χ1n) is 6.27. The maximum atomic E-state index is 5.32. The average Bonchev–Trinajstić information content (AvgIpc) is 2.37. The average molecular weight is 250 g/mol. The van der Waals surface area contributed by atoms with Gasteiger partial charge in [-0.3, -0.25) is 0 Å². The highest BCUT2D eigenvalue weighted by molar-refractivity contribution is 7.80. The molecule has 0 fully saturated rings. The maximum Gasteiger partial charge on any atom is 0.168 e. The Kier molecular flexibility index (Phi) is 6.63. The molecule has 1 aromatic rings. The SMILES string of the molecule is CCCCNC(=S)N(C)CCc1ccccc1. The Labute approximate surface area is 110 Å². The molecule has 2 nitrogen and oxygen atoms in total. The van der Waals surface area contributed by atoms with Crippen molar-refractivity contribution in [2.24, 2.45) is 0 Å². The molecule has 0 spiro atoms. The molecule has 0 saturated heterocycles. The molecule has 1 aromatic carbocycles. The second-order valence-corrected chi connectivity index (χ2v) is 4.63. The minimum absolute atomic E-state index is 0.856. The molecule has 0 amide bonds. The highest BCUT2D eigenvalue weighted by atomic mass is 32.1. The normalized spacial score (nSPS) is 10.0. The van der Waals surface area contributed by atoms with E-state index in [0.29, 0.717) is 0 Å². The van der Waals surface area contributed by atoms with Crippen LogP contribution in [0.15, 0.2) is 30.3 Å². The van der Waals surface area contributed by atoms with Crippen LogP contribution < -0.4 is 5.32 Å². The summed E-state index contributed by atoms with van der Waals surface area (Å²) in [5.74, 6) is 0. The summed E-state index contributed by atoms with van der Waals surface area (Å²) in [6, 6.07) is 10.5. The summed E-state index contributed by atoms with van der Waals surface area (Å²) in [4.78, 5) is 2.11. The molecule has 3 heteroatoms. The van der Waals surface area contributed by atoms with Gasteiger partial charge >= 0.3 is 0 Å². The third-order valence-corrected chi connectivity index (χ3v) is 3.19. The standard InChI is InChI=1S/C14H22N2S/c1-3-4-11-15-14(17)16(2)12-10-13-8-6-5-7-9-13/h5-9H,3-4,10-12H2,1-2H3,(H,15,17). The van der Waals surface area contributed by atoms with Crippen molar-refractivity contribution in [3.8, 4) is 0 Å². The van der Waals surface area contributed by atoms with Crippen molar-refractivity contribution in [1.82, 2.24) is 10.2 Å². The van der Waals surface area contributed by atoms with Crippen molar-refractivity contribution in [2.45, 2.75) is 26.2 Å². The smallest absolute Gasteiger partial charge is 0.168 e. The van der Waals surface area contributed by atoms with Crippen LogP contribution in [0.4, 0.5) is 0 Å². The molecule has 94 valence electrons. The van der Waals surface area contributed by atoms with E-state index in [0.717, 1.165) is 24.6 Å². The van der Waals surface area contributed by atoms with Crippen LogP contribution in [-0.4, -0.2) is 30.1 Å². The minimum atomic E-state index is 0.856. The lowest BCUT2D eigenvalue weighted by molar-refractivity contribution is 0.495. The number of benzene rings is 1. The number of nitrogens with one attached hydrogen (secondary N) is 1. The van der Waals surface area contributed by atoms with Crippen molar-refractivity contribution < 1.29 is 0 Å². The predicted octanol–water partition coefficient (Wildman–Crippen LogP) is 2.84. The number of likely N-dealkylation sites (N-methyl/N-ethyl adjacent to an activating group) is 1. The Balaban J connectivity index is 2.24. The second-order valence-electron chi connectivity index (χ2n) is 4.24. The van der Waals surface area contributed by atoms with Crippen molar-refractivity contribution in [3.05, 3.63) is 35.9 Å². The Morgan fingerprint density at radius 1 is 1.29 bits per heavy atom. The zero-order chi connectivity index (χ0) is 12.5. The Morgan fingerprint density at radius 2 is 2.00 bits per heavy atom. The van der Waals surface area contributed by atoms with E-state index in [2.05, 4.69) is 41.4 Å². The second kappa shape index (κ2) is 8.07. The summed E-state index contributed by atoms with van der Waals surface area (Å²) >= 11 is 5.32.